The Balaban J connectivity index is 2.52. The number of anilines is 1. The average molecular weight is 300 g/mol. The fourth-order valence-electron chi connectivity index (χ4n) is 2.56. The number of hydrogen-bond acceptors (Lipinski definition) is 6. The van der Waals surface area contributed by atoms with Crippen LogP contribution in [0.5, 0.6) is 0 Å². The highest BCUT2D eigenvalue weighted by Crippen LogP contribution is 2.32. The van der Waals surface area contributed by atoms with Crippen molar-refractivity contribution >= 4 is 39.7 Å². The zero-order chi connectivity index (χ0) is 15.9. The Bertz CT molecular complexity index is 916. The number of esters is 1. The molecule has 1 aromatic carbocycles. The fraction of sp³-hybridized carbons (Fsp3) is 0.143. The van der Waals surface area contributed by atoms with E-state index in [1.165, 1.54) is 18.0 Å². The molecule has 22 heavy (non-hydrogen) atoms. The lowest BCUT2D eigenvalue weighted by Crippen LogP contribution is -2.12. The van der Waals surface area contributed by atoms with E-state index in [2.05, 4.69) is 9.97 Å². The second kappa shape index (κ2) is 4.99. The van der Waals surface area contributed by atoms with Gasteiger partial charge in [-0.15, -0.1) is 0 Å². The van der Waals surface area contributed by atoms with Gasteiger partial charge in [-0.05, 0) is 6.07 Å². The minimum Gasteiger partial charge on any atom is -0.480 e. The first-order valence-electron chi connectivity index (χ1n) is 6.36. The minimum atomic E-state index is -1.06. The first kappa shape index (κ1) is 13.8. The molecule has 0 aliphatic rings. The van der Waals surface area contributed by atoms with Crippen molar-refractivity contribution in [3.05, 3.63) is 30.1 Å². The fourth-order valence-corrected chi connectivity index (χ4v) is 2.56. The lowest BCUT2D eigenvalue weighted by Gasteiger charge is -2.06. The molecule has 0 saturated heterocycles. The number of nitrogen functional groups attached to an aromatic ring is 1. The van der Waals surface area contributed by atoms with E-state index >= 15 is 0 Å². The van der Waals surface area contributed by atoms with E-state index in [4.69, 9.17) is 15.6 Å². The molecule has 8 nitrogen and oxygen atoms in total. The first-order valence-corrected chi connectivity index (χ1v) is 6.36. The van der Waals surface area contributed by atoms with Crippen molar-refractivity contribution in [2.45, 2.75) is 6.54 Å². The van der Waals surface area contributed by atoms with Crippen molar-refractivity contribution < 1.29 is 19.4 Å². The van der Waals surface area contributed by atoms with Crippen LogP contribution in [0.2, 0.25) is 0 Å². The molecule has 8 heteroatoms. The van der Waals surface area contributed by atoms with Crippen molar-refractivity contribution in [2.24, 2.45) is 0 Å². The molecular formula is C14H12N4O4. The van der Waals surface area contributed by atoms with Gasteiger partial charge in [-0.1, -0.05) is 12.1 Å². The van der Waals surface area contributed by atoms with Gasteiger partial charge >= 0.3 is 11.9 Å². The number of carbonyl (C=O) groups excluding carboxylic acids is 1. The summed E-state index contributed by atoms with van der Waals surface area (Å²) < 4.78 is 6.19. The molecule has 0 atom stereocenters. The van der Waals surface area contributed by atoms with Crippen LogP contribution in [0.25, 0.3) is 21.9 Å². The van der Waals surface area contributed by atoms with Gasteiger partial charge in [0.15, 0.2) is 0 Å². The second-order valence-corrected chi connectivity index (χ2v) is 4.63. The number of carboxylic acids is 1. The molecule has 0 amide bonds. The summed E-state index contributed by atoms with van der Waals surface area (Å²) in [5.74, 6) is -1.40. The van der Waals surface area contributed by atoms with Gasteiger partial charge in [-0.25, -0.2) is 14.8 Å². The van der Waals surface area contributed by atoms with Crippen LogP contribution in [0.3, 0.4) is 0 Å². The van der Waals surface area contributed by atoms with Crippen molar-refractivity contribution in [1.82, 2.24) is 14.5 Å². The number of carbonyl (C=O) groups is 2. The van der Waals surface area contributed by atoms with Gasteiger partial charge in [0.2, 0.25) is 0 Å². The number of ether oxygens (including phenoxy) is 1. The molecule has 0 saturated carbocycles. The second-order valence-electron chi connectivity index (χ2n) is 4.63. The minimum absolute atomic E-state index is 0.223. The SMILES string of the molecule is COC(=O)c1cccc2c3c(N)ncnc3n(CC(=O)O)c12. The molecule has 0 bridgehead atoms. The third-order valence-corrected chi connectivity index (χ3v) is 3.39. The lowest BCUT2D eigenvalue weighted by atomic mass is 10.1. The number of fused-ring (bicyclic) bond motifs is 3. The Hall–Kier alpha value is -3.16. The van der Waals surface area contributed by atoms with E-state index in [1.807, 2.05) is 0 Å². The summed E-state index contributed by atoms with van der Waals surface area (Å²) in [7, 11) is 1.26. The maximum Gasteiger partial charge on any atom is 0.340 e. The molecule has 0 unspecified atom stereocenters. The number of nitrogens with zero attached hydrogens (tertiary/aromatic N) is 3. The highest BCUT2D eigenvalue weighted by atomic mass is 16.5. The highest BCUT2D eigenvalue weighted by Gasteiger charge is 2.21. The molecule has 0 radical (unpaired) electrons. The first-order chi connectivity index (χ1) is 10.5. The van der Waals surface area contributed by atoms with Crippen molar-refractivity contribution in [2.75, 3.05) is 12.8 Å². The van der Waals surface area contributed by atoms with Crippen LogP contribution in [-0.4, -0.2) is 38.7 Å². The van der Waals surface area contributed by atoms with Crippen molar-refractivity contribution in [3.8, 4) is 0 Å². The number of aromatic nitrogens is 3. The number of nitrogens with two attached hydrogens (primary N) is 1. The van der Waals surface area contributed by atoms with Gasteiger partial charge < -0.3 is 20.1 Å². The average Bonchev–Trinajstić information content (AvgIpc) is 2.81. The van der Waals surface area contributed by atoms with Gasteiger partial charge in [0.25, 0.3) is 0 Å². The largest absolute Gasteiger partial charge is 0.480 e. The predicted molar refractivity (Wildman–Crippen MR) is 78.4 cm³/mol. The molecule has 3 aromatic rings. The maximum atomic E-state index is 12.0. The third-order valence-electron chi connectivity index (χ3n) is 3.39. The topological polar surface area (TPSA) is 120 Å². The Morgan fingerprint density at radius 2 is 2.14 bits per heavy atom. The van der Waals surface area contributed by atoms with Gasteiger partial charge in [-0.2, -0.15) is 0 Å². The molecule has 2 heterocycles. The zero-order valence-electron chi connectivity index (χ0n) is 11.6. The number of benzene rings is 1. The molecule has 112 valence electrons. The molecule has 0 aliphatic carbocycles. The maximum absolute atomic E-state index is 12.0. The molecular weight excluding hydrogens is 288 g/mol. The number of carboxylic acid groups (broad SMARTS) is 1. The Kier molecular flexibility index (Phi) is 3.13. The van der Waals surface area contributed by atoms with E-state index in [9.17, 15) is 9.59 Å². The molecule has 0 fully saturated rings. The summed E-state index contributed by atoms with van der Waals surface area (Å²) in [6, 6.07) is 4.97. The van der Waals surface area contributed by atoms with Crippen LogP contribution >= 0.6 is 0 Å². The summed E-state index contributed by atoms with van der Waals surface area (Å²) >= 11 is 0. The van der Waals surface area contributed by atoms with Crippen molar-refractivity contribution in [1.29, 1.82) is 0 Å². The van der Waals surface area contributed by atoms with Gasteiger partial charge in [-0.3, -0.25) is 4.79 Å². The monoisotopic (exact) mass is 300 g/mol. The van der Waals surface area contributed by atoms with Gasteiger partial charge in [0.05, 0.1) is 23.6 Å². The molecule has 0 spiro atoms. The number of rotatable bonds is 3. The summed E-state index contributed by atoms with van der Waals surface area (Å²) in [4.78, 5) is 31.2. The van der Waals surface area contributed by atoms with Crippen LogP contribution < -0.4 is 5.73 Å². The third kappa shape index (κ3) is 1.93. The summed E-state index contributed by atoms with van der Waals surface area (Å²) in [5.41, 5.74) is 6.92. The number of hydrogen-bond donors (Lipinski definition) is 2. The van der Waals surface area contributed by atoms with E-state index in [0.29, 0.717) is 21.9 Å². The Labute approximate surface area is 124 Å². The number of para-hydroxylation sites is 1. The van der Waals surface area contributed by atoms with Crippen molar-refractivity contribution in [3.63, 3.8) is 0 Å². The van der Waals surface area contributed by atoms with E-state index < -0.39 is 11.9 Å². The van der Waals surface area contributed by atoms with Crippen LogP contribution in [0.15, 0.2) is 24.5 Å². The van der Waals surface area contributed by atoms with E-state index in [1.54, 1.807) is 18.2 Å². The molecule has 2 aromatic heterocycles. The number of methoxy groups -OCH3 is 1. The van der Waals surface area contributed by atoms with Gasteiger partial charge in [0, 0.05) is 5.39 Å². The Morgan fingerprint density at radius 3 is 2.82 bits per heavy atom. The highest BCUT2D eigenvalue weighted by molar-refractivity contribution is 6.16. The van der Waals surface area contributed by atoms with Crippen LogP contribution in [0, 0.1) is 0 Å². The van der Waals surface area contributed by atoms with E-state index in [0.717, 1.165) is 0 Å². The predicted octanol–water partition coefficient (Wildman–Crippen LogP) is 1.04. The van der Waals surface area contributed by atoms with Crippen LogP contribution in [-0.2, 0) is 16.1 Å². The molecule has 3 N–H and O–H groups in total. The summed E-state index contributed by atoms with van der Waals surface area (Å²) in [6.45, 7) is -0.357. The Morgan fingerprint density at radius 1 is 1.36 bits per heavy atom. The smallest absolute Gasteiger partial charge is 0.340 e. The van der Waals surface area contributed by atoms with Crippen LogP contribution in [0.4, 0.5) is 5.82 Å². The standard InChI is InChI=1S/C14H12N4O4/c1-22-14(21)8-4-2-3-7-10-12(15)16-6-17-13(10)18(11(7)8)5-9(19)20/h2-4,6H,5H2,1H3,(H,19,20)(H2,15,16,17). The lowest BCUT2D eigenvalue weighted by molar-refractivity contribution is -0.137. The summed E-state index contributed by atoms with van der Waals surface area (Å²) in [6.07, 6.45) is 1.26. The van der Waals surface area contributed by atoms with Crippen LogP contribution in [0.1, 0.15) is 10.4 Å². The molecule has 0 aliphatic heterocycles. The van der Waals surface area contributed by atoms with E-state index in [-0.39, 0.29) is 17.9 Å². The number of aliphatic carboxylic acids is 1. The zero-order valence-corrected chi connectivity index (χ0v) is 11.6. The quantitative estimate of drug-likeness (QED) is 0.693. The van der Waals surface area contributed by atoms with Gasteiger partial charge in [0.1, 0.15) is 24.3 Å². The normalized spacial score (nSPS) is 11.0. The molecule has 3 rings (SSSR count). The summed E-state index contributed by atoms with van der Waals surface area (Å²) in [5, 5.41) is 10.3.